The molecule has 4 heteroatoms. The van der Waals surface area contributed by atoms with Gasteiger partial charge in [0.05, 0.1) is 6.61 Å². The second-order valence-corrected chi connectivity index (χ2v) is 2.56. The Morgan fingerprint density at radius 1 is 1.31 bits per heavy atom. The topological polar surface area (TPSA) is 44.5 Å². The molecule has 0 atom stereocenters. The minimum absolute atomic E-state index is 0.354. The first-order chi connectivity index (χ1) is 6.22. The Hall–Kier alpha value is -1.29. The zero-order valence-electron chi connectivity index (χ0n) is 7.42. The van der Waals surface area contributed by atoms with Crippen molar-refractivity contribution >= 4 is 5.69 Å². The fourth-order valence-electron chi connectivity index (χ4n) is 0.911. The zero-order valence-corrected chi connectivity index (χ0v) is 7.42. The van der Waals surface area contributed by atoms with Crippen LogP contribution >= 0.6 is 0 Å². The van der Waals surface area contributed by atoms with Gasteiger partial charge in [0.2, 0.25) is 0 Å². The Bertz CT molecular complexity index is 258. The highest BCUT2D eigenvalue weighted by atomic mass is 19.1. The van der Waals surface area contributed by atoms with E-state index in [0.29, 0.717) is 24.7 Å². The molecule has 0 aliphatic heterocycles. The van der Waals surface area contributed by atoms with E-state index in [1.165, 1.54) is 12.1 Å². The van der Waals surface area contributed by atoms with E-state index in [0.717, 1.165) is 0 Å². The van der Waals surface area contributed by atoms with Crippen molar-refractivity contribution in [2.75, 3.05) is 26.1 Å². The summed E-state index contributed by atoms with van der Waals surface area (Å²) in [6.45, 7) is 0.857. The molecule has 0 saturated heterocycles. The second kappa shape index (κ2) is 4.67. The molecule has 0 aliphatic rings. The number of hydrogen-bond donors (Lipinski definition) is 1. The minimum Gasteiger partial charge on any atom is -0.491 e. The van der Waals surface area contributed by atoms with E-state index in [4.69, 9.17) is 15.2 Å². The van der Waals surface area contributed by atoms with Gasteiger partial charge in [-0.2, -0.15) is 0 Å². The Morgan fingerprint density at radius 3 is 2.69 bits per heavy atom. The number of ether oxygens (including phenoxy) is 2. The van der Waals surface area contributed by atoms with Gasteiger partial charge in [-0.05, 0) is 6.07 Å². The Kier molecular flexibility index (Phi) is 3.52. The van der Waals surface area contributed by atoms with Crippen molar-refractivity contribution in [3.05, 3.63) is 24.0 Å². The third kappa shape index (κ3) is 3.29. The van der Waals surface area contributed by atoms with Crippen LogP contribution in [0.5, 0.6) is 5.75 Å². The lowest BCUT2D eigenvalue weighted by atomic mass is 10.3. The number of halogens is 1. The van der Waals surface area contributed by atoms with E-state index < -0.39 is 5.82 Å². The Labute approximate surface area is 76.3 Å². The molecule has 72 valence electrons. The third-order valence-corrected chi connectivity index (χ3v) is 1.45. The number of rotatable bonds is 4. The van der Waals surface area contributed by atoms with Crippen LogP contribution < -0.4 is 10.5 Å². The van der Waals surface area contributed by atoms with Gasteiger partial charge in [0.1, 0.15) is 18.2 Å². The monoisotopic (exact) mass is 185 g/mol. The van der Waals surface area contributed by atoms with Crippen molar-refractivity contribution < 1.29 is 13.9 Å². The summed E-state index contributed by atoms with van der Waals surface area (Å²) >= 11 is 0. The predicted molar refractivity (Wildman–Crippen MR) is 48.2 cm³/mol. The van der Waals surface area contributed by atoms with Crippen LogP contribution in [-0.4, -0.2) is 20.3 Å². The van der Waals surface area contributed by atoms with Gasteiger partial charge in [-0.25, -0.2) is 4.39 Å². The average molecular weight is 185 g/mol. The Balaban J connectivity index is 2.56. The molecular weight excluding hydrogens is 173 g/mol. The largest absolute Gasteiger partial charge is 0.491 e. The number of benzene rings is 1. The van der Waals surface area contributed by atoms with Crippen molar-refractivity contribution in [1.82, 2.24) is 0 Å². The van der Waals surface area contributed by atoms with E-state index in [1.807, 2.05) is 0 Å². The van der Waals surface area contributed by atoms with Gasteiger partial charge in [-0.1, -0.05) is 0 Å². The van der Waals surface area contributed by atoms with Crippen molar-refractivity contribution in [3.63, 3.8) is 0 Å². The molecule has 2 N–H and O–H groups in total. The maximum absolute atomic E-state index is 12.7. The minimum atomic E-state index is -0.396. The van der Waals surface area contributed by atoms with Crippen LogP contribution in [0.2, 0.25) is 0 Å². The van der Waals surface area contributed by atoms with Gasteiger partial charge in [0, 0.05) is 24.9 Å². The van der Waals surface area contributed by atoms with Crippen LogP contribution in [0, 0.1) is 5.82 Å². The van der Waals surface area contributed by atoms with Crippen molar-refractivity contribution in [2.24, 2.45) is 0 Å². The van der Waals surface area contributed by atoms with Crippen molar-refractivity contribution in [1.29, 1.82) is 0 Å². The molecular formula is C9H12FNO2. The van der Waals surface area contributed by atoms with Crippen LogP contribution in [-0.2, 0) is 4.74 Å². The van der Waals surface area contributed by atoms with Gasteiger partial charge in [0.15, 0.2) is 0 Å². The normalized spacial score (nSPS) is 10.0. The summed E-state index contributed by atoms with van der Waals surface area (Å²) in [5.41, 5.74) is 5.77. The van der Waals surface area contributed by atoms with E-state index >= 15 is 0 Å². The summed E-state index contributed by atoms with van der Waals surface area (Å²) in [6.07, 6.45) is 0. The van der Waals surface area contributed by atoms with E-state index in [1.54, 1.807) is 13.2 Å². The second-order valence-electron chi connectivity index (χ2n) is 2.56. The smallest absolute Gasteiger partial charge is 0.128 e. The van der Waals surface area contributed by atoms with Crippen LogP contribution in [0.25, 0.3) is 0 Å². The number of nitrogen functional groups attached to an aromatic ring is 1. The summed E-state index contributed by atoms with van der Waals surface area (Å²) in [4.78, 5) is 0. The summed E-state index contributed by atoms with van der Waals surface area (Å²) in [5.74, 6) is 0.0296. The molecule has 13 heavy (non-hydrogen) atoms. The fraction of sp³-hybridized carbons (Fsp3) is 0.333. The molecule has 0 aromatic heterocycles. The van der Waals surface area contributed by atoms with Gasteiger partial charge in [-0.3, -0.25) is 0 Å². The molecule has 3 nitrogen and oxygen atoms in total. The van der Waals surface area contributed by atoms with Gasteiger partial charge < -0.3 is 15.2 Å². The van der Waals surface area contributed by atoms with Crippen LogP contribution in [0.15, 0.2) is 18.2 Å². The molecule has 0 fully saturated rings. The van der Waals surface area contributed by atoms with Crippen molar-refractivity contribution in [3.8, 4) is 5.75 Å². The fourth-order valence-corrected chi connectivity index (χ4v) is 0.911. The summed E-state index contributed by atoms with van der Waals surface area (Å²) < 4.78 is 22.7. The molecule has 1 aromatic carbocycles. The van der Waals surface area contributed by atoms with Crippen LogP contribution in [0.1, 0.15) is 0 Å². The number of nitrogens with two attached hydrogens (primary N) is 1. The van der Waals surface area contributed by atoms with E-state index in [2.05, 4.69) is 0 Å². The summed E-state index contributed by atoms with van der Waals surface area (Å²) in [5, 5.41) is 0. The predicted octanol–water partition coefficient (Wildman–Crippen LogP) is 1.43. The molecule has 0 spiro atoms. The maximum Gasteiger partial charge on any atom is 0.128 e. The SMILES string of the molecule is COCCOc1cc(N)cc(F)c1. The first kappa shape index (κ1) is 9.80. The molecule has 0 amide bonds. The molecule has 1 aromatic rings. The van der Waals surface area contributed by atoms with E-state index in [9.17, 15) is 4.39 Å². The van der Waals surface area contributed by atoms with Gasteiger partial charge in [0.25, 0.3) is 0 Å². The van der Waals surface area contributed by atoms with Crippen LogP contribution in [0.3, 0.4) is 0 Å². The molecule has 0 bridgehead atoms. The van der Waals surface area contributed by atoms with Gasteiger partial charge >= 0.3 is 0 Å². The van der Waals surface area contributed by atoms with Crippen molar-refractivity contribution in [2.45, 2.75) is 0 Å². The molecule has 0 heterocycles. The standard InChI is InChI=1S/C9H12FNO2/c1-12-2-3-13-9-5-7(10)4-8(11)6-9/h4-6H,2-3,11H2,1H3. The van der Waals surface area contributed by atoms with Gasteiger partial charge in [-0.15, -0.1) is 0 Å². The lowest BCUT2D eigenvalue weighted by Crippen LogP contribution is -2.04. The van der Waals surface area contributed by atoms with Crippen LogP contribution in [0.4, 0.5) is 10.1 Å². The molecule has 0 radical (unpaired) electrons. The highest BCUT2D eigenvalue weighted by Gasteiger charge is 1.98. The highest BCUT2D eigenvalue weighted by Crippen LogP contribution is 2.17. The summed E-state index contributed by atoms with van der Waals surface area (Å²) in [6, 6.07) is 4.09. The average Bonchev–Trinajstić information content (AvgIpc) is 2.03. The number of hydrogen-bond acceptors (Lipinski definition) is 3. The lowest BCUT2D eigenvalue weighted by Gasteiger charge is -2.05. The zero-order chi connectivity index (χ0) is 9.68. The Morgan fingerprint density at radius 2 is 2.08 bits per heavy atom. The maximum atomic E-state index is 12.7. The third-order valence-electron chi connectivity index (χ3n) is 1.45. The molecule has 1 rings (SSSR count). The first-order valence-corrected chi connectivity index (χ1v) is 3.90. The highest BCUT2D eigenvalue weighted by molar-refractivity contribution is 5.44. The quantitative estimate of drug-likeness (QED) is 0.570. The number of methoxy groups -OCH3 is 1. The number of anilines is 1. The van der Waals surface area contributed by atoms with E-state index in [-0.39, 0.29) is 0 Å². The summed E-state index contributed by atoms with van der Waals surface area (Å²) in [7, 11) is 1.57. The lowest BCUT2D eigenvalue weighted by molar-refractivity contribution is 0.146. The molecule has 0 unspecified atom stereocenters. The molecule has 0 aliphatic carbocycles. The first-order valence-electron chi connectivity index (χ1n) is 3.90. The molecule has 0 saturated carbocycles.